The van der Waals surface area contributed by atoms with Gasteiger partial charge in [-0.15, -0.1) is 0 Å². The van der Waals surface area contributed by atoms with E-state index in [4.69, 9.17) is 0 Å². The SMILES string of the molecule is CCNC(=NCc1ccc(F)cc1C(F)(F)F)NCCNS(=O)(=O)c1ccccc1. The van der Waals surface area contributed by atoms with Crippen molar-refractivity contribution in [2.45, 2.75) is 24.5 Å². The van der Waals surface area contributed by atoms with E-state index in [1.54, 1.807) is 25.1 Å². The van der Waals surface area contributed by atoms with E-state index in [1.165, 1.54) is 12.1 Å². The molecule has 0 radical (unpaired) electrons. The van der Waals surface area contributed by atoms with E-state index in [9.17, 15) is 26.0 Å². The van der Waals surface area contributed by atoms with Crippen LogP contribution in [0.2, 0.25) is 0 Å². The molecule has 0 amide bonds. The summed E-state index contributed by atoms with van der Waals surface area (Å²) in [6, 6.07) is 10.2. The molecular weight excluding hydrogens is 424 g/mol. The molecular formula is C19H22F4N4O2S. The van der Waals surface area contributed by atoms with Gasteiger partial charge in [0.1, 0.15) is 5.82 Å². The number of benzene rings is 2. The predicted octanol–water partition coefficient (Wildman–Crippen LogP) is 2.88. The Kier molecular flexibility index (Phi) is 8.18. The molecule has 3 N–H and O–H groups in total. The second-order valence-corrected chi connectivity index (χ2v) is 7.90. The third-order valence-electron chi connectivity index (χ3n) is 3.89. The summed E-state index contributed by atoms with van der Waals surface area (Å²) >= 11 is 0. The van der Waals surface area contributed by atoms with Crippen LogP contribution in [0.1, 0.15) is 18.1 Å². The lowest BCUT2D eigenvalue weighted by atomic mass is 10.1. The molecule has 0 saturated heterocycles. The molecule has 6 nitrogen and oxygen atoms in total. The molecule has 0 unspecified atom stereocenters. The molecule has 0 spiro atoms. The van der Waals surface area contributed by atoms with Gasteiger partial charge in [0, 0.05) is 19.6 Å². The van der Waals surface area contributed by atoms with Gasteiger partial charge in [0.05, 0.1) is 17.0 Å². The Morgan fingerprint density at radius 2 is 1.73 bits per heavy atom. The van der Waals surface area contributed by atoms with Crippen molar-refractivity contribution in [3.63, 3.8) is 0 Å². The first-order valence-corrected chi connectivity index (χ1v) is 10.5. The van der Waals surface area contributed by atoms with E-state index in [-0.39, 0.29) is 36.1 Å². The minimum Gasteiger partial charge on any atom is -0.357 e. The Hall–Kier alpha value is -2.66. The van der Waals surface area contributed by atoms with Crippen LogP contribution in [0.3, 0.4) is 0 Å². The van der Waals surface area contributed by atoms with Crippen LogP contribution in [0.25, 0.3) is 0 Å². The first-order valence-electron chi connectivity index (χ1n) is 9.06. The minimum absolute atomic E-state index is 0.0337. The zero-order valence-corrected chi connectivity index (χ0v) is 16.9. The van der Waals surface area contributed by atoms with Crippen LogP contribution >= 0.6 is 0 Å². The lowest BCUT2D eigenvalue weighted by Crippen LogP contribution is -2.41. The Labute approximate surface area is 172 Å². The highest BCUT2D eigenvalue weighted by molar-refractivity contribution is 7.89. The molecule has 2 aromatic rings. The molecule has 0 aliphatic carbocycles. The molecule has 164 valence electrons. The van der Waals surface area contributed by atoms with Crippen molar-refractivity contribution in [1.82, 2.24) is 15.4 Å². The Balaban J connectivity index is 1.99. The van der Waals surface area contributed by atoms with Crippen LogP contribution in [-0.2, 0) is 22.7 Å². The Morgan fingerprint density at radius 3 is 2.37 bits per heavy atom. The molecule has 11 heteroatoms. The number of halogens is 4. The predicted molar refractivity (Wildman–Crippen MR) is 106 cm³/mol. The zero-order valence-electron chi connectivity index (χ0n) is 16.1. The van der Waals surface area contributed by atoms with Gasteiger partial charge in [0.15, 0.2) is 5.96 Å². The molecule has 0 aliphatic heterocycles. The maximum atomic E-state index is 13.2. The summed E-state index contributed by atoms with van der Waals surface area (Å²) in [5, 5.41) is 5.70. The van der Waals surface area contributed by atoms with Crippen molar-refractivity contribution in [3.8, 4) is 0 Å². The highest BCUT2D eigenvalue weighted by Crippen LogP contribution is 2.32. The molecule has 0 aromatic heterocycles. The Bertz CT molecular complexity index is 964. The number of hydrogen-bond donors (Lipinski definition) is 3. The fraction of sp³-hybridized carbons (Fsp3) is 0.316. The quantitative estimate of drug-likeness (QED) is 0.252. The highest BCUT2D eigenvalue weighted by Gasteiger charge is 2.33. The molecule has 2 rings (SSSR count). The molecule has 0 atom stereocenters. The lowest BCUT2D eigenvalue weighted by Gasteiger charge is -2.14. The lowest BCUT2D eigenvalue weighted by molar-refractivity contribution is -0.138. The van der Waals surface area contributed by atoms with E-state index < -0.39 is 27.6 Å². The second-order valence-electron chi connectivity index (χ2n) is 6.13. The van der Waals surface area contributed by atoms with E-state index >= 15 is 0 Å². The summed E-state index contributed by atoms with van der Waals surface area (Å²) in [7, 11) is -3.66. The zero-order chi connectivity index (χ0) is 22.2. The van der Waals surface area contributed by atoms with Crippen LogP contribution < -0.4 is 15.4 Å². The maximum absolute atomic E-state index is 13.2. The molecule has 0 fully saturated rings. The van der Waals surface area contributed by atoms with Crippen molar-refractivity contribution in [2.75, 3.05) is 19.6 Å². The Morgan fingerprint density at radius 1 is 1.03 bits per heavy atom. The smallest absolute Gasteiger partial charge is 0.357 e. The molecule has 2 aromatic carbocycles. The summed E-state index contributed by atoms with van der Waals surface area (Å²) in [4.78, 5) is 4.20. The summed E-state index contributed by atoms with van der Waals surface area (Å²) in [6.45, 7) is 2.06. The maximum Gasteiger partial charge on any atom is 0.416 e. The fourth-order valence-corrected chi connectivity index (χ4v) is 3.56. The first-order chi connectivity index (χ1) is 14.1. The van der Waals surface area contributed by atoms with Gasteiger partial charge in [-0.2, -0.15) is 13.2 Å². The average Bonchev–Trinajstić information content (AvgIpc) is 2.70. The van der Waals surface area contributed by atoms with Gasteiger partial charge in [-0.25, -0.2) is 22.5 Å². The molecule has 30 heavy (non-hydrogen) atoms. The van der Waals surface area contributed by atoms with E-state index in [0.29, 0.717) is 12.6 Å². The largest absolute Gasteiger partial charge is 0.416 e. The van der Waals surface area contributed by atoms with Crippen molar-refractivity contribution in [2.24, 2.45) is 4.99 Å². The van der Waals surface area contributed by atoms with Gasteiger partial charge in [0.2, 0.25) is 10.0 Å². The number of aliphatic imine (C=N–C) groups is 1. The van der Waals surface area contributed by atoms with Crippen LogP contribution in [0, 0.1) is 5.82 Å². The minimum atomic E-state index is -4.70. The fourth-order valence-electron chi connectivity index (χ4n) is 2.51. The summed E-state index contributed by atoms with van der Waals surface area (Å²) < 4.78 is 79.2. The molecule has 0 heterocycles. The van der Waals surface area contributed by atoms with Gasteiger partial charge in [-0.1, -0.05) is 24.3 Å². The first kappa shape index (κ1) is 23.6. The van der Waals surface area contributed by atoms with Crippen LogP contribution in [0.5, 0.6) is 0 Å². The van der Waals surface area contributed by atoms with Gasteiger partial charge in [-0.05, 0) is 36.8 Å². The monoisotopic (exact) mass is 446 g/mol. The number of hydrogen-bond acceptors (Lipinski definition) is 3. The number of nitrogens with one attached hydrogen (secondary N) is 3. The van der Waals surface area contributed by atoms with E-state index in [1.807, 2.05) is 0 Å². The normalized spacial score (nSPS) is 12.6. The van der Waals surface area contributed by atoms with Crippen molar-refractivity contribution in [3.05, 3.63) is 65.5 Å². The summed E-state index contributed by atoms with van der Waals surface area (Å²) in [5.41, 5.74) is -1.26. The molecule has 0 bridgehead atoms. The topological polar surface area (TPSA) is 82.6 Å². The molecule has 0 saturated carbocycles. The van der Waals surface area contributed by atoms with E-state index in [0.717, 1.165) is 12.1 Å². The summed E-state index contributed by atoms with van der Waals surface area (Å²) in [6.07, 6.45) is -4.70. The average molecular weight is 446 g/mol. The summed E-state index contributed by atoms with van der Waals surface area (Å²) in [5.74, 6) is -0.778. The van der Waals surface area contributed by atoms with Gasteiger partial charge in [0.25, 0.3) is 0 Å². The number of rotatable bonds is 8. The highest BCUT2D eigenvalue weighted by atomic mass is 32.2. The van der Waals surface area contributed by atoms with Crippen molar-refractivity contribution >= 4 is 16.0 Å². The number of guanidine groups is 1. The van der Waals surface area contributed by atoms with Crippen LogP contribution in [-0.4, -0.2) is 34.0 Å². The van der Waals surface area contributed by atoms with Crippen molar-refractivity contribution < 1.29 is 26.0 Å². The van der Waals surface area contributed by atoms with Gasteiger partial charge < -0.3 is 10.6 Å². The van der Waals surface area contributed by atoms with Crippen molar-refractivity contribution in [1.29, 1.82) is 0 Å². The number of nitrogens with zero attached hydrogens (tertiary/aromatic N) is 1. The third-order valence-corrected chi connectivity index (χ3v) is 5.37. The number of alkyl halides is 3. The second kappa shape index (κ2) is 10.4. The van der Waals surface area contributed by atoms with Gasteiger partial charge >= 0.3 is 6.18 Å². The standard InChI is InChI=1S/C19H22F4N4O2S/c1-2-24-18(25-10-11-27-30(28,29)16-6-4-3-5-7-16)26-13-14-8-9-15(20)12-17(14)19(21,22)23/h3-9,12,27H,2,10-11,13H2,1H3,(H2,24,25,26). The van der Waals surface area contributed by atoms with Crippen LogP contribution in [0.4, 0.5) is 17.6 Å². The van der Waals surface area contributed by atoms with Crippen LogP contribution in [0.15, 0.2) is 58.4 Å². The third kappa shape index (κ3) is 6.99. The van der Waals surface area contributed by atoms with E-state index in [2.05, 4.69) is 20.3 Å². The van der Waals surface area contributed by atoms with Gasteiger partial charge in [-0.3, -0.25) is 0 Å². The number of sulfonamides is 1. The molecule has 0 aliphatic rings.